The highest BCUT2D eigenvalue weighted by Gasteiger charge is 2.13. The van der Waals surface area contributed by atoms with Gasteiger partial charge in [-0.25, -0.2) is 15.0 Å². The second-order valence-corrected chi connectivity index (χ2v) is 5.05. The fourth-order valence-electron chi connectivity index (χ4n) is 2.27. The second-order valence-electron chi connectivity index (χ2n) is 4.62. The zero-order chi connectivity index (χ0) is 14.4. The van der Waals surface area contributed by atoms with Crippen LogP contribution < -0.4 is 5.73 Å². The molecule has 0 saturated heterocycles. The van der Waals surface area contributed by atoms with Gasteiger partial charge in [0.05, 0.1) is 0 Å². The van der Waals surface area contributed by atoms with Crippen molar-refractivity contribution in [1.82, 2.24) is 15.0 Å². The van der Waals surface area contributed by atoms with E-state index in [-0.39, 0.29) is 0 Å². The Morgan fingerprint density at radius 1 is 0.952 bits per heavy atom. The minimum Gasteiger partial charge on any atom is -0.449 e. The number of benzene rings is 1. The molecule has 0 saturated carbocycles. The lowest BCUT2D eigenvalue weighted by molar-refractivity contribution is 0.667. The van der Waals surface area contributed by atoms with E-state index in [9.17, 15) is 0 Å². The quantitative estimate of drug-likeness (QED) is 0.580. The lowest BCUT2D eigenvalue weighted by Crippen LogP contribution is -1.90. The van der Waals surface area contributed by atoms with Crippen molar-refractivity contribution in [3.63, 3.8) is 0 Å². The first kappa shape index (κ1) is 12.1. The molecular formula is C15H9ClN4O. The van der Waals surface area contributed by atoms with Gasteiger partial charge in [0.2, 0.25) is 0 Å². The van der Waals surface area contributed by atoms with Crippen molar-refractivity contribution in [3.05, 3.63) is 47.9 Å². The Morgan fingerprint density at radius 2 is 1.76 bits per heavy atom. The second kappa shape index (κ2) is 4.43. The van der Waals surface area contributed by atoms with Gasteiger partial charge in [0.1, 0.15) is 17.4 Å². The highest BCUT2D eigenvalue weighted by atomic mass is 35.5. The third kappa shape index (κ3) is 1.90. The van der Waals surface area contributed by atoms with E-state index < -0.39 is 0 Å². The topological polar surface area (TPSA) is 77.8 Å². The molecule has 0 amide bonds. The van der Waals surface area contributed by atoms with Gasteiger partial charge in [-0.05, 0) is 23.8 Å². The third-order valence-corrected chi connectivity index (χ3v) is 3.55. The van der Waals surface area contributed by atoms with Crippen LogP contribution in [-0.4, -0.2) is 15.0 Å². The zero-order valence-electron chi connectivity index (χ0n) is 10.7. The van der Waals surface area contributed by atoms with Crippen LogP contribution in [0.2, 0.25) is 5.02 Å². The maximum absolute atomic E-state index is 5.90. The van der Waals surface area contributed by atoms with Crippen LogP contribution in [-0.2, 0) is 0 Å². The molecule has 0 bridgehead atoms. The van der Waals surface area contributed by atoms with Gasteiger partial charge >= 0.3 is 0 Å². The molecule has 21 heavy (non-hydrogen) atoms. The van der Waals surface area contributed by atoms with E-state index in [1.165, 1.54) is 6.33 Å². The number of nitrogens with two attached hydrogens (primary N) is 1. The summed E-state index contributed by atoms with van der Waals surface area (Å²) in [4.78, 5) is 12.5. The van der Waals surface area contributed by atoms with E-state index in [0.29, 0.717) is 33.0 Å². The molecular weight excluding hydrogens is 288 g/mol. The summed E-state index contributed by atoms with van der Waals surface area (Å²) in [5, 5.41) is 0.694. The van der Waals surface area contributed by atoms with Crippen molar-refractivity contribution in [1.29, 1.82) is 0 Å². The smallest absolute Gasteiger partial charge is 0.197 e. The lowest BCUT2D eigenvalue weighted by atomic mass is 10.1. The predicted molar refractivity (Wildman–Crippen MR) is 82.0 cm³/mol. The van der Waals surface area contributed by atoms with E-state index in [4.69, 9.17) is 21.8 Å². The first-order valence-corrected chi connectivity index (χ1v) is 6.65. The molecule has 0 atom stereocenters. The van der Waals surface area contributed by atoms with Crippen molar-refractivity contribution in [3.8, 4) is 11.1 Å². The van der Waals surface area contributed by atoms with Crippen LogP contribution in [0.15, 0.2) is 47.3 Å². The van der Waals surface area contributed by atoms with Crippen LogP contribution in [0.1, 0.15) is 0 Å². The molecule has 6 heteroatoms. The van der Waals surface area contributed by atoms with Gasteiger partial charge in [0.25, 0.3) is 0 Å². The van der Waals surface area contributed by atoms with Crippen LogP contribution in [0.4, 0.5) is 5.82 Å². The summed E-state index contributed by atoms with van der Waals surface area (Å²) in [7, 11) is 0. The number of furan rings is 1. The number of hydrogen-bond donors (Lipinski definition) is 1. The minimum absolute atomic E-state index is 0.311. The first-order chi connectivity index (χ1) is 10.2. The molecule has 0 aliphatic heterocycles. The Bertz CT molecular complexity index is 963. The standard InChI is InChI=1S/C15H9ClN4O/c16-10-3-1-8(2-4-10)9-5-11-12(18-6-9)13-14(21-11)15(17)20-7-19-13/h1-7H,(H2,17,19,20). The number of rotatable bonds is 1. The highest BCUT2D eigenvalue weighted by molar-refractivity contribution is 6.30. The van der Waals surface area contributed by atoms with Gasteiger partial charge < -0.3 is 10.2 Å². The maximum atomic E-state index is 5.90. The summed E-state index contributed by atoms with van der Waals surface area (Å²) in [5.74, 6) is 0.311. The third-order valence-electron chi connectivity index (χ3n) is 3.30. The molecule has 102 valence electrons. The van der Waals surface area contributed by atoms with Gasteiger partial charge in [-0.3, -0.25) is 0 Å². The normalized spacial score (nSPS) is 11.3. The Kier molecular flexibility index (Phi) is 2.55. The van der Waals surface area contributed by atoms with Crippen LogP contribution in [0.25, 0.3) is 33.3 Å². The molecule has 3 heterocycles. The predicted octanol–water partition coefficient (Wildman–Crippen LogP) is 3.67. The first-order valence-electron chi connectivity index (χ1n) is 6.27. The number of fused-ring (bicyclic) bond motifs is 3. The highest BCUT2D eigenvalue weighted by Crippen LogP contribution is 2.31. The number of aromatic nitrogens is 3. The molecule has 5 nitrogen and oxygen atoms in total. The number of halogens is 1. The Morgan fingerprint density at radius 3 is 2.57 bits per heavy atom. The molecule has 0 spiro atoms. The molecule has 3 aromatic heterocycles. The number of pyridine rings is 1. The number of nitrogens with zero attached hydrogens (tertiary/aromatic N) is 3. The number of hydrogen-bond acceptors (Lipinski definition) is 5. The van der Waals surface area contributed by atoms with E-state index >= 15 is 0 Å². The Hall–Kier alpha value is -2.66. The SMILES string of the molecule is Nc1ncnc2c1oc1cc(-c3ccc(Cl)cc3)cnc12. The van der Waals surface area contributed by atoms with Gasteiger partial charge in [0, 0.05) is 16.8 Å². The molecule has 0 aliphatic carbocycles. The van der Waals surface area contributed by atoms with Crippen LogP contribution in [0.5, 0.6) is 0 Å². The summed E-state index contributed by atoms with van der Waals surface area (Å²) >= 11 is 5.90. The molecule has 4 aromatic rings. The van der Waals surface area contributed by atoms with Crippen LogP contribution in [0, 0.1) is 0 Å². The summed E-state index contributed by atoms with van der Waals surface area (Å²) in [5.41, 5.74) is 10.1. The molecule has 0 unspecified atom stereocenters. The summed E-state index contributed by atoms with van der Waals surface area (Å²) in [6, 6.07) is 9.45. The van der Waals surface area contributed by atoms with Gasteiger partial charge in [-0.1, -0.05) is 23.7 Å². The maximum Gasteiger partial charge on any atom is 0.197 e. The van der Waals surface area contributed by atoms with E-state index in [1.807, 2.05) is 30.3 Å². The van der Waals surface area contributed by atoms with Crippen molar-refractivity contribution in [2.75, 3.05) is 5.73 Å². The fraction of sp³-hybridized carbons (Fsp3) is 0. The summed E-state index contributed by atoms with van der Waals surface area (Å²) in [6.07, 6.45) is 3.18. The minimum atomic E-state index is 0.311. The van der Waals surface area contributed by atoms with Crippen LogP contribution in [0.3, 0.4) is 0 Å². The Balaban J connectivity index is 1.96. The van der Waals surface area contributed by atoms with E-state index in [2.05, 4.69) is 15.0 Å². The molecule has 0 radical (unpaired) electrons. The van der Waals surface area contributed by atoms with Gasteiger partial charge in [-0.2, -0.15) is 0 Å². The largest absolute Gasteiger partial charge is 0.449 e. The number of anilines is 1. The summed E-state index contributed by atoms with van der Waals surface area (Å²) < 4.78 is 5.73. The molecule has 2 N–H and O–H groups in total. The molecule has 1 aromatic carbocycles. The zero-order valence-corrected chi connectivity index (χ0v) is 11.5. The lowest BCUT2D eigenvalue weighted by Gasteiger charge is -2.00. The van der Waals surface area contributed by atoms with Crippen molar-refractivity contribution < 1.29 is 4.42 Å². The molecule has 4 rings (SSSR count). The Labute approximate surface area is 124 Å². The van der Waals surface area contributed by atoms with Crippen molar-refractivity contribution in [2.24, 2.45) is 0 Å². The molecule has 0 fully saturated rings. The van der Waals surface area contributed by atoms with Crippen molar-refractivity contribution in [2.45, 2.75) is 0 Å². The average Bonchev–Trinajstić information content (AvgIpc) is 2.87. The van der Waals surface area contributed by atoms with Crippen molar-refractivity contribution >= 4 is 39.6 Å². The van der Waals surface area contributed by atoms with E-state index in [0.717, 1.165) is 11.1 Å². The van der Waals surface area contributed by atoms with E-state index in [1.54, 1.807) is 6.20 Å². The fourth-order valence-corrected chi connectivity index (χ4v) is 2.39. The van der Waals surface area contributed by atoms with Gasteiger partial charge in [-0.15, -0.1) is 0 Å². The van der Waals surface area contributed by atoms with Gasteiger partial charge in [0.15, 0.2) is 17.0 Å². The molecule has 0 aliphatic rings. The van der Waals surface area contributed by atoms with Crippen LogP contribution >= 0.6 is 11.6 Å². The number of nitrogen functional groups attached to an aromatic ring is 1. The summed E-state index contributed by atoms with van der Waals surface area (Å²) in [6.45, 7) is 0. The average molecular weight is 297 g/mol. The monoisotopic (exact) mass is 296 g/mol.